The van der Waals surface area contributed by atoms with Crippen molar-refractivity contribution in [3.8, 4) is 0 Å². The summed E-state index contributed by atoms with van der Waals surface area (Å²) in [5.74, 6) is -0.0961. The molecule has 2 heterocycles. The maximum Gasteiger partial charge on any atom is 0.240 e. The number of methoxy groups -OCH3 is 1. The Balaban J connectivity index is 2.01. The molecule has 1 amide bonds. The van der Waals surface area contributed by atoms with Crippen LogP contribution in [0.4, 0.5) is 0 Å². The number of hydrogen-bond donors (Lipinski definition) is 1. The van der Waals surface area contributed by atoms with E-state index in [0.717, 1.165) is 5.69 Å². The van der Waals surface area contributed by atoms with Gasteiger partial charge in [-0.3, -0.25) is 9.48 Å². The molecule has 2 aromatic rings. The Morgan fingerprint density at radius 1 is 1.53 bits per heavy atom. The third-order valence-corrected chi connectivity index (χ3v) is 2.77. The zero-order chi connectivity index (χ0) is 13.7. The smallest absolute Gasteiger partial charge is 0.240 e. The molecule has 0 spiro atoms. The van der Waals surface area contributed by atoms with E-state index in [-0.39, 0.29) is 18.5 Å². The minimum atomic E-state index is -0.214. The molecular formula is C12H17N5O2. The lowest BCUT2D eigenvalue weighted by atomic mass is 10.2. The number of carbonyl (C=O) groups excluding carboxylic acids is 1. The Morgan fingerprint density at radius 2 is 2.37 bits per heavy atom. The molecule has 0 bridgehead atoms. The molecule has 1 unspecified atom stereocenters. The minimum absolute atomic E-state index is 0.0961. The molecule has 102 valence electrons. The van der Waals surface area contributed by atoms with Crippen LogP contribution in [0.5, 0.6) is 0 Å². The standard InChI is InChI=1S/C12H17N5O2/c1-16-11(3-4-14-16)10(8-19-2)15-12(18)7-17-6-5-13-9-17/h3-6,9-10H,7-8H2,1-2H3,(H,15,18). The fourth-order valence-corrected chi connectivity index (χ4v) is 1.88. The van der Waals surface area contributed by atoms with Gasteiger partial charge in [-0.25, -0.2) is 4.98 Å². The molecule has 1 N–H and O–H groups in total. The van der Waals surface area contributed by atoms with E-state index < -0.39 is 0 Å². The predicted molar refractivity (Wildman–Crippen MR) is 68.2 cm³/mol. The van der Waals surface area contributed by atoms with E-state index in [1.165, 1.54) is 0 Å². The van der Waals surface area contributed by atoms with Gasteiger partial charge in [0.2, 0.25) is 5.91 Å². The number of hydrogen-bond acceptors (Lipinski definition) is 4. The Kier molecular flexibility index (Phi) is 4.30. The number of aryl methyl sites for hydroxylation is 1. The molecule has 7 heteroatoms. The molecule has 2 aromatic heterocycles. The molecule has 0 aliphatic carbocycles. The van der Waals surface area contributed by atoms with Crippen molar-refractivity contribution in [1.29, 1.82) is 0 Å². The van der Waals surface area contributed by atoms with Crippen LogP contribution >= 0.6 is 0 Å². The van der Waals surface area contributed by atoms with Gasteiger partial charge >= 0.3 is 0 Å². The van der Waals surface area contributed by atoms with E-state index >= 15 is 0 Å². The summed E-state index contributed by atoms with van der Waals surface area (Å²) in [5, 5.41) is 7.02. The SMILES string of the molecule is COCC(NC(=O)Cn1ccnc1)c1ccnn1C. The maximum atomic E-state index is 12.0. The summed E-state index contributed by atoms with van der Waals surface area (Å²) < 4.78 is 8.58. The highest BCUT2D eigenvalue weighted by Gasteiger charge is 2.17. The number of imidazole rings is 1. The molecule has 0 fully saturated rings. The van der Waals surface area contributed by atoms with Crippen molar-refractivity contribution in [3.05, 3.63) is 36.7 Å². The molecule has 7 nitrogen and oxygen atoms in total. The van der Waals surface area contributed by atoms with Crippen molar-refractivity contribution in [2.24, 2.45) is 7.05 Å². The van der Waals surface area contributed by atoms with Gasteiger partial charge in [0, 0.05) is 32.7 Å². The zero-order valence-electron chi connectivity index (χ0n) is 11.0. The van der Waals surface area contributed by atoms with E-state index in [9.17, 15) is 4.79 Å². The third-order valence-electron chi connectivity index (χ3n) is 2.77. The number of rotatable bonds is 6. The molecule has 0 radical (unpaired) electrons. The van der Waals surface area contributed by atoms with E-state index in [0.29, 0.717) is 6.61 Å². The van der Waals surface area contributed by atoms with Gasteiger partial charge in [-0.2, -0.15) is 5.10 Å². The van der Waals surface area contributed by atoms with E-state index in [1.54, 1.807) is 41.3 Å². The molecule has 0 aromatic carbocycles. The second-order valence-corrected chi connectivity index (χ2v) is 4.19. The predicted octanol–water partition coefficient (Wildman–Crippen LogP) is 0.120. The number of carbonyl (C=O) groups is 1. The van der Waals surface area contributed by atoms with Crippen molar-refractivity contribution in [3.63, 3.8) is 0 Å². The zero-order valence-corrected chi connectivity index (χ0v) is 11.0. The molecule has 1 atom stereocenters. The summed E-state index contributed by atoms with van der Waals surface area (Å²) in [7, 11) is 3.44. The van der Waals surface area contributed by atoms with Crippen LogP contribution in [0.25, 0.3) is 0 Å². The number of nitrogens with zero attached hydrogens (tertiary/aromatic N) is 4. The van der Waals surface area contributed by atoms with Crippen LogP contribution in [0.1, 0.15) is 11.7 Å². The highest BCUT2D eigenvalue weighted by atomic mass is 16.5. The van der Waals surface area contributed by atoms with Gasteiger partial charge in [-0.05, 0) is 6.07 Å². The van der Waals surface area contributed by atoms with E-state index in [2.05, 4.69) is 15.4 Å². The Labute approximate surface area is 111 Å². The fourth-order valence-electron chi connectivity index (χ4n) is 1.88. The van der Waals surface area contributed by atoms with Crippen molar-refractivity contribution < 1.29 is 9.53 Å². The largest absolute Gasteiger partial charge is 0.382 e. The average molecular weight is 263 g/mol. The molecule has 0 saturated carbocycles. The van der Waals surface area contributed by atoms with Crippen molar-refractivity contribution in [2.75, 3.05) is 13.7 Å². The van der Waals surface area contributed by atoms with Crippen LogP contribution in [-0.4, -0.2) is 39.0 Å². The van der Waals surface area contributed by atoms with Crippen LogP contribution in [0.3, 0.4) is 0 Å². The number of nitrogens with one attached hydrogen (secondary N) is 1. The lowest BCUT2D eigenvalue weighted by Crippen LogP contribution is -2.34. The van der Waals surface area contributed by atoms with Crippen LogP contribution in [0.2, 0.25) is 0 Å². The lowest BCUT2D eigenvalue weighted by molar-refractivity contribution is -0.122. The summed E-state index contributed by atoms with van der Waals surface area (Å²) in [4.78, 5) is 15.9. The Bertz CT molecular complexity index is 520. The first-order chi connectivity index (χ1) is 9.20. The van der Waals surface area contributed by atoms with Gasteiger partial charge in [0.1, 0.15) is 6.54 Å². The van der Waals surface area contributed by atoms with Gasteiger partial charge in [0.15, 0.2) is 0 Å². The summed E-state index contributed by atoms with van der Waals surface area (Å²) in [6, 6.07) is 1.65. The normalized spacial score (nSPS) is 12.3. The van der Waals surface area contributed by atoms with Gasteiger partial charge in [-0.15, -0.1) is 0 Å². The van der Waals surface area contributed by atoms with Crippen molar-refractivity contribution >= 4 is 5.91 Å². The molecular weight excluding hydrogens is 246 g/mol. The number of ether oxygens (including phenoxy) is 1. The third kappa shape index (κ3) is 3.41. The fraction of sp³-hybridized carbons (Fsp3) is 0.417. The first-order valence-corrected chi connectivity index (χ1v) is 5.92. The van der Waals surface area contributed by atoms with Crippen LogP contribution in [0.15, 0.2) is 31.0 Å². The summed E-state index contributed by atoms with van der Waals surface area (Å²) in [6.45, 7) is 0.632. The molecule has 2 rings (SSSR count). The molecule has 19 heavy (non-hydrogen) atoms. The van der Waals surface area contributed by atoms with Crippen LogP contribution in [-0.2, 0) is 23.1 Å². The van der Waals surface area contributed by atoms with E-state index in [1.807, 2.05) is 13.1 Å². The average Bonchev–Trinajstić information content (AvgIpc) is 3.00. The quantitative estimate of drug-likeness (QED) is 0.803. The Hall–Kier alpha value is -2.15. The summed E-state index contributed by atoms with van der Waals surface area (Å²) >= 11 is 0. The van der Waals surface area contributed by atoms with Crippen molar-refractivity contribution in [2.45, 2.75) is 12.6 Å². The van der Waals surface area contributed by atoms with Crippen LogP contribution < -0.4 is 5.32 Å². The van der Waals surface area contributed by atoms with E-state index in [4.69, 9.17) is 4.74 Å². The monoisotopic (exact) mass is 263 g/mol. The molecule has 0 saturated heterocycles. The van der Waals surface area contributed by atoms with Crippen LogP contribution in [0, 0.1) is 0 Å². The highest BCUT2D eigenvalue weighted by molar-refractivity contribution is 5.76. The van der Waals surface area contributed by atoms with Gasteiger partial charge in [-0.1, -0.05) is 0 Å². The van der Waals surface area contributed by atoms with Gasteiger partial charge < -0.3 is 14.6 Å². The Morgan fingerprint density at radius 3 is 2.95 bits per heavy atom. The number of aromatic nitrogens is 4. The summed E-state index contributed by atoms with van der Waals surface area (Å²) in [6.07, 6.45) is 6.69. The topological polar surface area (TPSA) is 74.0 Å². The van der Waals surface area contributed by atoms with Gasteiger partial charge in [0.25, 0.3) is 0 Å². The lowest BCUT2D eigenvalue weighted by Gasteiger charge is -2.18. The number of amides is 1. The summed E-state index contributed by atoms with van der Waals surface area (Å²) in [5.41, 5.74) is 0.904. The molecule has 0 aliphatic heterocycles. The first kappa shape index (κ1) is 13.3. The second kappa shape index (κ2) is 6.14. The minimum Gasteiger partial charge on any atom is -0.382 e. The van der Waals surface area contributed by atoms with Gasteiger partial charge in [0.05, 0.1) is 24.7 Å². The maximum absolute atomic E-state index is 12.0. The first-order valence-electron chi connectivity index (χ1n) is 5.92. The highest BCUT2D eigenvalue weighted by Crippen LogP contribution is 2.11. The molecule has 0 aliphatic rings. The van der Waals surface area contributed by atoms with Crippen molar-refractivity contribution in [1.82, 2.24) is 24.6 Å². The second-order valence-electron chi connectivity index (χ2n) is 4.19.